The van der Waals surface area contributed by atoms with Gasteiger partial charge in [0.1, 0.15) is 0 Å². The van der Waals surface area contributed by atoms with E-state index in [9.17, 15) is 8.42 Å². The van der Waals surface area contributed by atoms with Crippen molar-refractivity contribution < 1.29 is 17.9 Å². The zero-order chi connectivity index (χ0) is 14.2. The summed E-state index contributed by atoms with van der Waals surface area (Å²) in [7, 11) is -3.67. The largest absolute Gasteiger partial charge is 0.490 e. The Labute approximate surface area is 118 Å². The third-order valence-corrected chi connectivity index (χ3v) is 4.78. The van der Waals surface area contributed by atoms with Gasteiger partial charge in [0.2, 0.25) is 0 Å². The normalized spacial score (nSPS) is 23.6. The molecular formula is C13H18N2O4S. The molecule has 0 bridgehead atoms. The molecule has 7 heteroatoms. The van der Waals surface area contributed by atoms with Crippen LogP contribution in [0.5, 0.6) is 11.5 Å². The van der Waals surface area contributed by atoms with Gasteiger partial charge in [-0.1, -0.05) is 6.07 Å². The lowest BCUT2D eigenvalue weighted by Gasteiger charge is -2.22. The Bertz CT molecular complexity index is 602. The van der Waals surface area contributed by atoms with Gasteiger partial charge < -0.3 is 9.47 Å². The summed E-state index contributed by atoms with van der Waals surface area (Å²) in [6.45, 7) is 1.72. The first kappa shape index (κ1) is 13.7. The van der Waals surface area contributed by atoms with Gasteiger partial charge in [-0.3, -0.25) is 0 Å². The third kappa shape index (κ3) is 2.61. The van der Waals surface area contributed by atoms with Gasteiger partial charge in [0.05, 0.1) is 19.3 Å². The number of benzene rings is 1. The van der Waals surface area contributed by atoms with E-state index in [1.54, 1.807) is 0 Å². The Morgan fingerprint density at radius 3 is 2.65 bits per heavy atom. The SMILES string of the molecule is NS(=O)(=O)N1CCC[C@@H]1c1ccc2c(c1)OCCCO2. The summed E-state index contributed by atoms with van der Waals surface area (Å²) >= 11 is 0. The number of hydrogen-bond donors (Lipinski definition) is 1. The summed E-state index contributed by atoms with van der Waals surface area (Å²) in [5, 5.41) is 5.27. The minimum absolute atomic E-state index is 0.206. The first-order valence-electron chi connectivity index (χ1n) is 6.75. The van der Waals surface area contributed by atoms with Crippen LogP contribution >= 0.6 is 0 Å². The zero-order valence-corrected chi connectivity index (χ0v) is 11.9. The molecule has 2 heterocycles. The van der Waals surface area contributed by atoms with E-state index in [2.05, 4.69) is 0 Å². The molecule has 2 aliphatic rings. The zero-order valence-electron chi connectivity index (χ0n) is 11.1. The lowest BCUT2D eigenvalue weighted by Crippen LogP contribution is -2.36. The van der Waals surface area contributed by atoms with E-state index in [4.69, 9.17) is 14.6 Å². The Hall–Kier alpha value is -1.31. The van der Waals surface area contributed by atoms with Crippen LogP contribution in [0.3, 0.4) is 0 Å². The van der Waals surface area contributed by atoms with Crippen molar-refractivity contribution in [3.8, 4) is 11.5 Å². The predicted molar refractivity (Wildman–Crippen MR) is 73.8 cm³/mol. The smallest absolute Gasteiger partial charge is 0.277 e. The molecule has 1 atom stereocenters. The van der Waals surface area contributed by atoms with E-state index in [1.807, 2.05) is 18.2 Å². The van der Waals surface area contributed by atoms with Crippen LogP contribution < -0.4 is 14.6 Å². The van der Waals surface area contributed by atoms with Crippen LogP contribution in [-0.2, 0) is 10.2 Å². The molecule has 6 nitrogen and oxygen atoms in total. The first-order valence-corrected chi connectivity index (χ1v) is 8.25. The standard InChI is InChI=1S/C13H18N2O4S/c14-20(16,17)15-6-1-3-11(15)10-4-5-12-13(9-10)19-8-2-7-18-12/h4-5,9,11H,1-3,6-8H2,(H2,14,16,17)/t11-/m1/s1. The molecule has 1 fully saturated rings. The quantitative estimate of drug-likeness (QED) is 0.889. The second-order valence-electron chi connectivity index (χ2n) is 5.07. The molecule has 0 aliphatic carbocycles. The molecule has 2 aliphatic heterocycles. The highest BCUT2D eigenvalue weighted by Gasteiger charge is 2.33. The topological polar surface area (TPSA) is 81.9 Å². The van der Waals surface area contributed by atoms with Gasteiger partial charge in [-0.2, -0.15) is 12.7 Å². The molecule has 1 aromatic carbocycles. The van der Waals surface area contributed by atoms with Crippen molar-refractivity contribution >= 4 is 10.2 Å². The van der Waals surface area contributed by atoms with E-state index in [-0.39, 0.29) is 6.04 Å². The molecule has 0 radical (unpaired) electrons. The highest BCUT2D eigenvalue weighted by Crippen LogP contribution is 2.38. The van der Waals surface area contributed by atoms with Crippen molar-refractivity contribution in [2.45, 2.75) is 25.3 Å². The summed E-state index contributed by atoms with van der Waals surface area (Å²) in [4.78, 5) is 0. The maximum absolute atomic E-state index is 11.6. The van der Waals surface area contributed by atoms with Crippen molar-refractivity contribution in [3.63, 3.8) is 0 Å². The average molecular weight is 298 g/mol. The van der Waals surface area contributed by atoms with Crippen LogP contribution in [-0.4, -0.2) is 32.5 Å². The number of hydrogen-bond acceptors (Lipinski definition) is 4. The summed E-state index contributed by atoms with van der Waals surface area (Å²) < 4.78 is 35.8. The monoisotopic (exact) mass is 298 g/mol. The second kappa shape index (κ2) is 5.23. The summed E-state index contributed by atoms with van der Waals surface area (Å²) in [5.41, 5.74) is 0.903. The molecule has 2 N–H and O–H groups in total. The average Bonchev–Trinajstić information content (AvgIpc) is 2.78. The molecular weight excluding hydrogens is 280 g/mol. The summed E-state index contributed by atoms with van der Waals surface area (Å²) in [6.07, 6.45) is 2.43. The highest BCUT2D eigenvalue weighted by molar-refractivity contribution is 7.86. The fraction of sp³-hybridized carbons (Fsp3) is 0.538. The van der Waals surface area contributed by atoms with E-state index >= 15 is 0 Å². The third-order valence-electron chi connectivity index (χ3n) is 3.69. The molecule has 0 spiro atoms. The molecule has 20 heavy (non-hydrogen) atoms. The molecule has 0 unspecified atom stereocenters. The minimum Gasteiger partial charge on any atom is -0.490 e. The Morgan fingerprint density at radius 1 is 1.15 bits per heavy atom. The van der Waals surface area contributed by atoms with E-state index in [0.717, 1.165) is 24.8 Å². The first-order chi connectivity index (χ1) is 9.55. The number of rotatable bonds is 2. The minimum atomic E-state index is -3.67. The number of nitrogens with two attached hydrogens (primary N) is 1. The maximum Gasteiger partial charge on any atom is 0.277 e. The molecule has 1 aromatic rings. The van der Waals surface area contributed by atoms with Gasteiger partial charge in [0.25, 0.3) is 10.2 Å². The van der Waals surface area contributed by atoms with E-state index in [0.29, 0.717) is 31.3 Å². The van der Waals surface area contributed by atoms with Gasteiger partial charge in [-0.05, 0) is 30.5 Å². The molecule has 0 aromatic heterocycles. The fourth-order valence-corrected chi connectivity index (χ4v) is 3.73. The maximum atomic E-state index is 11.6. The Morgan fingerprint density at radius 2 is 1.90 bits per heavy atom. The van der Waals surface area contributed by atoms with Crippen LogP contribution in [0.15, 0.2) is 18.2 Å². The van der Waals surface area contributed by atoms with Crippen LogP contribution in [0.25, 0.3) is 0 Å². The van der Waals surface area contributed by atoms with Crippen LogP contribution in [0, 0.1) is 0 Å². The van der Waals surface area contributed by atoms with Crippen molar-refractivity contribution in [2.24, 2.45) is 5.14 Å². The van der Waals surface area contributed by atoms with Crippen molar-refractivity contribution in [2.75, 3.05) is 19.8 Å². The molecule has 110 valence electrons. The number of fused-ring (bicyclic) bond motifs is 1. The van der Waals surface area contributed by atoms with E-state index in [1.165, 1.54) is 4.31 Å². The molecule has 0 saturated carbocycles. The predicted octanol–water partition coefficient (Wildman–Crippen LogP) is 1.19. The van der Waals surface area contributed by atoms with Gasteiger partial charge in [0, 0.05) is 13.0 Å². The molecule has 1 saturated heterocycles. The summed E-state index contributed by atoms with van der Waals surface area (Å²) in [5.74, 6) is 1.40. The lowest BCUT2D eigenvalue weighted by atomic mass is 10.0. The lowest BCUT2D eigenvalue weighted by molar-refractivity contribution is 0.296. The van der Waals surface area contributed by atoms with Crippen LogP contribution in [0.1, 0.15) is 30.9 Å². The van der Waals surface area contributed by atoms with Gasteiger partial charge >= 0.3 is 0 Å². The van der Waals surface area contributed by atoms with Crippen molar-refractivity contribution in [3.05, 3.63) is 23.8 Å². The van der Waals surface area contributed by atoms with E-state index < -0.39 is 10.2 Å². The number of nitrogens with zero attached hydrogens (tertiary/aromatic N) is 1. The second-order valence-corrected chi connectivity index (χ2v) is 6.57. The highest BCUT2D eigenvalue weighted by atomic mass is 32.2. The molecule has 0 amide bonds. The Balaban J connectivity index is 1.92. The Kier molecular flexibility index (Phi) is 3.57. The molecule has 3 rings (SSSR count). The van der Waals surface area contributed by atoms with Crippen LogP contribution in [0.4, 0.5) is 0 Å². The van der Waals surface area contributed by atoms with Crippen LogP contribution in [0.2, 0.25) is 0 Å². The van der Waals surface area contributed by atoms with Crippen molar-refractivity contribution in [1.82, 2.24) is 4.31 Å². The summed E-state index contributed by atoms with van der Waals surface area (Å²) in [6, 6.07) is 5.40. The number of ether oxygens (including phenoxy) is 2. The van der Waals surface area contributed by atoms with Gasteiger partial charge in [-0.25, -0.2) is 5.14 Å². The van der Waals surface area contributed by atoms with Gasteiger partial charge in [-0.15, -0.1) is 0 Å². The fourth-order valence-electron chi connectivity index (χ4n) is 2.76. The van der Waals surface area contributed by atoms with Crippen molar-refractivity contribution in [1.29, 1.82) is 0 Å². The van der Waals surface area contributed by atoms with Gasteiger partial charge in [0.15, 0.2) is 11.5 Å².